The Kier molecular flexibility index (Phi) is 7.47. The van der Waals surface area contributed by atoms with E-state index in [2.05, 4.69) is 16.0 Å². The van der Waals surface area contributed by atoms with Crippen molar-refractivity contribution in [2.45, 2.75) is 51.0 Å². The first-order valence-corrected chi connectivity index (χ1v) is 10.2. The number of rotatable bonds is 7. The van der Waals surface area contributed by atoms with Crippen LogP contribution < -0.4 is 16.0 Å². The third kappa shape index (κ3) is 6.12. The van der Waals surface area contributed by atoms with Crippen LogP contribution in [0.25, 0.3) is 11.1 Å². The van der Waals surface area contributed by atoms with Gasteiger partial charge in [-0.15, -0.1) is 0 Å². The quantitative estimate of drug-likeness (QED) is 0.610. The fourth-order valence-corrected chi connectivity index (χ4v) is 3.61. The van der Waals surface area contributed by atoms with Gasteiger partial charge in [0, 0.05) is 30.3 Å². The Balaban J connectivity index is 1.41. The van der Waals surface area contributed by atoms with Gasteiger partial charge in [0.15, 0.2) is 0 Å². The smallest absolute Gasteiger partial charge is 0.315 e. The molecule has 3 N–H and O–H groups in total. The predicted molar refractivity (Wildman–Crippen MR) is 113 cm³/mol. The van der Waals surface area contributed by atoms with Crippen molar-refractivity contribution in [1.82, 2.24) is 10.6 Å². The number of hydrogen-bond donors (Lipinski definition) is 3. The van der Waals surface area contributed by atoms with Crippen molar-refractivity contribution in [3.05, 3.63) is 54.6 Å². The van der Waals surface area contributed by atoms with Crippen molar-refractivity contribution < 1.29 is 9.59 Å². The average Bonchev–Trinajstić information content (AvgIpc) is 2.73. The van der Waals surface area contributed by atoms with Crippen molar-refractivity contribution in [3.8, 4) is 11.1 Å². The number of anilines is 1. The Morgan fingerprint density at radius 1 is 0.893 bits per heavy atom. The fourth-order valence-electron chi connectivity index (χ4n) is 3.61. The van der Waals surface area contributed by atoms with E-state index in [-0.39, 0.29) is 11.9 Å². The van der Waals surface area contributed by atoms with Crippen LogP contribution in [-0.2, 0) is 4.79 Å². The number of hydrogen-bond acceptors (Lipinski definition) is 2. The van der Waals surface area contributed by atoms with Gasteiger partial charge in [0.1, 0.15) is 0 Å². The summed E-state index contributed by atoms with van der Waals surface area (Å²) in [6.07, 6.45) is 6.75. The minimum absolute atomic E-state index is 0.0436. The van der Waals surface area contributed by atoms with Crippen molar-refractivity contribution in [1.29, 1.82) is 0 Å². The van der Waals surface area contributed by atoms with E-state index in [4.69, 9.17) is 0 Å². The monoisotopic (exact) mass is 379 g/mol. The molecule has 0 radical (unpaired) electrons. The summed E-state index contributed by atoms with van der Waals surface area (Å²) < 4.78 is 0. The number of nitrogens with one attached hydrogen (secondary N) is 3. The Labute approximate surface area is 166 Å². The molecule has 3 amide bonds. The molecule has 1 aliphatic rings. The van der Waals surface area contributed by atoms with E-state index in [0.717, 1.165) is 29.7 Å². The molecule has 148 valence electrons. The van der Waals surface area contributed by atoms with Crippen molar-refractivity contribution in [2.24, 2.45) is 0 Å². The zero-order valence-corrected chi connectivity index (χ0v) is 16.2. The van der Waals surface area contributed by atoms with Crippen LogP contribution in [0.2, 0.25) is 0 Å². The Morgan fingerprint density at radius 2 is 1.61 bits per heavy atom. The van der Waals surface area contributed by atoms with Crippen LogP contribution in [-0.4, -0.2) is 24.5 Å². The minimum atomic E-state index is -0.123. The molecule has 1 aliphatic carbocycles. The highest BCUT2D eigenvalue weighted by Crippen LogP contribution is 2.27. The molecular weight excluding hydrogens is 350 g/mol. The van der Waals surface area contributed by atoms with Crippen molar-refractivity contribution >= 4 is 17.6 Å². The highest BCUT2D eigenvalue weighted by molar-refractivity contribution is 5.95. The molecule has 28 heavy (non-hydrogen) atoms. The summed E-state index contributed by atoms with van der Waals surface area (Å²) in [6.45, 7) is 0.492. The normalized spacial score (nSPS) is 14.3. The maximum absolute atomic E-state index is 12.3. The van der Waals surface area contributed by atoms with Gasteiger partial charge in [-0.25, -0.2) is 4.79 Å². The van der Waals surface area contributed by atoms with Gasteiger partial charge in [0.2, 0.25) is 5.91 Å². The first kappa shape index (κ1) is 19.9. The third-order valence-corrected chi connectivity index (χ3v) is 5.09. The lowest BCUT2D eigenvalue weighted by molar-refractivity contribution is -0.116. The van der Waals surface area contributed by atoms with Gasteiger partial charge in [-0.1, -0.05) is 67.8 Å². The topological polar surface area (TPSA) is 70.2 Å². The van der Waals surface area contributed by atoms with Crippen LogP contribution in [0.1, 0.15) is 44.9 Å². The van der Waals surface area contributed by atoms with Gasteiger partial charge < -0.3 is 16.0 Å². The SMILES string of the molecule is O=C(CCCNC(=O)NC1CCCCC1)Nc1ccccc1-c1ccccc1. The Bertz CT molecular complexity index is 770. The third-order valence-electron chi connectivity index (χ3n) is 5.09. The second-order valence-electron chi connectivity index (χ2n) is 7.30. The van der Waals surface area contributed by atoms with Crippen LogP contribution in [0.5, 0.6) is 0 Å². The summed E-state index contributed by atoms with van der Waals surface area (Å²) in [7, 11) is 0. The van der Waals surface area contributed by atoms with Crippen molar-refractivity contribution in [3.63, 3.8) is 0 Å². The maximum Gasteiger partial charge on any atom is 0.315 e. The van der Waals surface area contributed by atoms with Gasteiger partial charge >= 0.3 is 6.03 Å². The van der Waals surface area contributed by atoms with Crippen molar-refractivity contribution in [2.75, 3.05) is 11.9 Å². The summed E-state index contributed by atoms with van der Waals surface area (Å²) in [6, 6.07) is 18.0. The summed E-state index contributed by atoms with van der Waals surface area (Å²) in [5.74, 6) is -0.0436. The molecule has 0 heterocycles. The number of amides is 3. The second-order valence-corrected chi connectivity index (χ2v) is 7.30. The lowest BCUT2D eigenvalue weighted by atomic mass is 9.96. The Morgan fingerprint density at radius 3 is 2.39 bits per heavy atom. The molecule has 0 aromatic heterocycles. The molecule has 0 unspecified atom stereocenters. The van der Waals surface area contributed by atoms with Crippen LogP contribution in [0, 0.1) is 0 Å². The van der Waals surface area contributed by atoms with Gasteiger partial charge in [-0.05, 0) is 30.9 Å². The van der Waals surface area contributed by atoms with E-state index in [9.17, 15) is 9.59 Å². The molecular formula is C23H29N3O2. The number of benzene rings is 2. The summed E-state index contributed by atoms with van der Waals surface area (Å²) in [4.78, 5) is 24.2. The van der Waals surface area contributed by atoms with E-state index in [0.29, 0.717) is 25.4 Å². The molecule has 0 spiro atoms. The summed E-state index contributed by atoms with van der Waals surface area (Å²) in [5, 5.41) is 8.87. The number of para-hydroxylation sites is 1. The van der Waals surface area contributed by atoms with Crippen LogP contribution >= 0.6 is 0 Å². The molecule has 2 aromatic rings. The maximum atomic E-state index is 12.3. The summed E-state index contributed by atoms with van der Waals surface area (Å²) >= 11 is 0. The van der Waals surface area contributed by atoms with E-state index in [1.807, 2.05) is 54.6 Å². The molecule has 5 heteroatoms. The molecule has 3 rings (SSSR count). The number of carbonyl (C=O) groups is 2. The van der Waals surface area contributed by atoms with E-state index < -0.39 is 0 Å². The number of urea groups is 1. The van der Waals surface area contributed by atoms with Gasteiger partial charge in [0.25, 0.3) is 0 Å². The lowest BCUT2D eigenvalue weighted by Crippen LogP contribution is -2.43. The fraction of sp³-hybridized carbons (Fsp3) is 0.391. The van der Waals surface area contributed by atoms with E-state index in [1.54, 1.807) is 0 Å². The van der Waals surface area contributed by atoms with Gasteiger partial charge in [-0.3, -0.25) is 4.79 Å². The zero-order chi connectivity index (χ0) is 19.6. The second kappa shape index (κ2) is 10.5. The molecule has 1 saturated carbocycles. The molecule has 5 nitrogen and oxygen atoms in total. The van der Waals surface area contributed by atoms with Gasteiger partial charge in [-0.2, -0.15) is 0 Å². The Hall–Kier alpha value is -2.82. The van der Waals surface area contributed by atoms with Crippen LogP contribution in [0.3, 0.4) is 0 Å². The molecule has 1 fully saturated rings. The molecule has 0 bridgehead atoms. The van der Waals surface area contributed by atoms with E-state index >= 15 is 0 Å². The van der Waals surface area contributed by atoms with Crippen LogP contribution in [0.15, 0.2) is 54.6 Å². The highest BCUT2D eigenvalue weighted by atomic mass is 16.2. The van der Waals surface area contributed by atoms with Gasteiger partial charge in [0.05, 0.1) is 0 Å². The standard InChI is InChI=1S/C23H29N3O2/c27-22(16-9-17-24-23(28)25-19-12-5-2-6-13-19)26-21-15-8-7-14-20(21)18-10-3-1-4-11-18/h1,3-4,7-8,10-11,14-15,19H,2,5-6,9,12-13,16-17H2,(H,26,27)(H2,24,25,28). The first-order chi connectivity index (χ1) is 13.7. The first-order valence-electron chi connectivity index (χ1n) is 10.2. The average molecular weight is 380 g/mol. The van der Waals surface area contributed by atoms with Crippen LogP contribution in [0.4, 0.5) is 10.5 Å². The molecule has 0 saturated heterocycles. The highest BCUT2D eigenvalue weighted by Gasteiger charge is 2.15. The molecule has 0 atom stereocenters. The zero-order valence-electron chi connectivity index (χ0n) is 16.2. The largest absolute Gasteiger partial charge is 0.338 e. The molecule has 0 aliphatic heterocycles. The van der Waals surface area contributed by atoms with E-state index in [1.165, 1.54) is 19.3 Å². The minimum Gasteiger partial charge on any atom is -0.338 e. The lowest BCUT2D eigenvalue weighted by Gasteiger charge is -2.22. The summed E-state index contributed by atoms with van der Waals surface area (Å²) in [5.41, 5.74) is 2.88. The number of carbonyl (C=O) groups excluding carboxylic acids is 2. The predicted octanol–water partition coefficient (Wildman–Crippen LogP) is 4.70. The molecule has 2 aromatic carbocycles.